The first-order valence-corrected chi connectivity index (χ1v) is 7.66. The highest BCUT2D eigenvalue weighted by atomic mass is 16.5. The summed E-state index contributed by atoms with van der Waals surface area (Å²) in [5.41, 5.74) is 0.645. The predicted molar refractivity (Wildman–Crippen MR) is 85.8 cm³/mol. The number of carbonyl (C=O) groups excluding carboxylic acids is 3. The summed E-state index contributed by atoms with van der Waals surface area (Å²) in [4.78, 5) is 36.4. The first-order chi connectivity index (χ1) is 11.5. The Kier molecular flexibility index (Phi) is 6.14. The Morgan fingerprint density at radius 2 is 2.00 bits per heavy atom. The third-order valence-corrected chi connectivity index (χ3v) is 3.91. The molecular weight excluding hydrogens is 314 g/mol. The highest BCUT2D eigenvalue weighted by Gasteiger charge is 2.36. The Morgan fingerprint density at radius 1 is 1.29 bits per heavy atom. The minimum atomic E-state index is -0.618. The van der Waals surface area contributed by atoms with Gasteiger partial charge in [-0.25, -0.2) is 0 Å². The molecule has 2 amide bonds. The summed E-state index contributed by atoms with van der Waals surface area (Å²) in [5, 5.41) is 5.49. The quantitative estimate of drug-likeness (QED) is 0.554. The standard InChI is InChI=1S/C16H21N3O5/c1-23-12-5-3-11(4-6-12)18-14(20)10-19-8-7-17-16(22)13(19)9-15(21)24-2/h3-6,13H,7-10H2,1-2H3,(H,17,22)(H,18,20)/p+1/t13-/m1/s1. The number of esters is 1. The minimum absolute atomic E-state index is 0.0481. The smallest absolute Gasteiger partial charge is 0.312 e. The maximum atomic E-state index is 12.2. The molecule has 0 bridgehead atoms. The van der Waals surface area contributed by atoms with Gasteiger partial charge in [0.25, 0.3) is 11.8 Å². The van der Waals surface area contributed by atoms with Gasteiger partial charge in [-0.3, -0.25) is 14.4 Å². The zero-order valence-corrected chi connectivity index (χ0v) is 13.8. The number of hydrogen-bond donors (Lipinski definition) is 3. The summed E-state index contributed by atoms with van der Waals surface area (Å²) in [5.74, 6) is -0.229. The van der Waals surface area contributed by atoms with Gasteiger partial charge in [-0.15, -0.1) is 0 Å². The fraction of sp³-hybridized carbons (Fsp3) is 0.438. The van der Waals surface area contributed by atoms with Crippen LogP contribution in [0.25, 0.3) is 0 Å². The van der Waals surface area contributed by atoms with Gasteiger partial charge in [0.15, 0.2) is 12.6 Å². The molecule has 0 aromatic heterocycles. The number of amides is 2. The lowest BCUT2D eigenvalue weighted by Gasteiger charge is -2.30. The lowest BCUT2D eigenvalue weighted by atomic mass is 10.1. The molecular formula is C16H22N3O5+. The van der Waals surface area contributed by atoms with Crippen LogP contribution in [0.3, 0.4) is 0 Å². The third kappa shape index (κ3) is 4.69. The van der Waals surface area contributed by atoms with Crippen LogP contribution in [0.5, 0.6) is 5.75 Å². The van der Waals surface area contributed by atoms with E-state index in [-0.39, 0.29) is 24.8 Å². The van der Waals surface area contributed by atoms with Crippen LogP contribution in [-0.4, -0.2) is 57.7 Å². The van der Waals surface area contributed by atoms with Crippen molar-refractivity contribution in [1.29, 1.82) is 0 Å². The normalized spacial score (nSPS) is 20.0. The highest BCUT2D eigenvalue weighted by Crippen LogP contribution is 2.14. The van der Waals surface area contributed by atoms with Crippen molar-refractivity contribution in [1.82, 2.24) is 5.32 Å². The van der Waals surface area contributed by atoms with E-state index in [9.17, 15) is 14.4 Å². The monoisotopic (exact) mass is 336 g/mol. The number of rotatable bonds is 6. The maximum Gasteiger partial charge on any atom is 0.312 e. The zero-order valence-electron chi connectivity index (χ0n) is 13.8. The summed E-state index contributed by atoms with van der Waals surface area (Å²) >= 11 is 0. The molecule has 3 N–H and O–H groups in total. The van der Waals surface area contributed by atoms with Crippen molar-refractivity contribution in [2.45, 2.75) is 12.5 Å². The molecule has 1 unspecified atom stereocenters. The minimum Gasteiger partial charge on any atom is -0.497 e. The number of benzene rings is 1. The van der Waals surface area contributed by atoms with Crippen LogP contribution in [-0.2, 0) is 19.1 Å². The fourth-order valence-corrected chi connectivity index (χ4v) is 2.61. The van der Waals surface area contributed by atoms with Crippen molar-refractivity contribution in [2.24, 2.45) is 0 Å². The zero-order chi connectivity index (χ0) is 17.5. The lowest BCUT2D eigenvalue weighted by molar-refractivity contribution is -0.909. The number of ether oxygens (including phenoxy) is 2. The average Bonchev–Trinajstić information content (AvgIpc) is 2.58. The molecule has 8 heteroatoms. The molecule has 2 rings (SSSR count). The van der Waals surface area contributed by atoms with Gasteiger partial charge in [-0.05, 0) is 24.3 Å². The van der Waals surface area contributed by atoms with Crippen molar-refractivity contribution in [3.05, 3.63) is 24.3 Å². The topological polar surface area (TPSA) is 98.2 Å². The van der Waals surface area contributed by atoms with E-state index in [2.05, 4.69) is 15.4 Å². The Hall–Kier alpha value is -2.61. The van der Waals surface area contributed by atoms with E-state index < -0.39 is 12.0 Å². The summed E-state index contributed by atoms with van der Waals surface area (Å²) in [6.45, 7) is 1.15. The van der Waals surface area contributed by atoms with Gasteiger partial charge in [0.1, 0.15) is 12.2 Å². The van der Waals surface area contributed by atoms with Crippen molar-refractivity contribution < 1.29 is 28.8 Å². The van der Waals surface area contributed by atoms with Crippen molar-refractivity contribution >= 4 is 23.5 Å². The maximum absolute atomic E-state index is 12.2. The number of hydrogen-bond acceptors (Lipinski definition) is 5. The Labute approximate surface area is 140 Å². The molecule has 1 aromatic rings. The summed E-state index contributed by atoms with van der Waals surface area (Å²) in [6.07, 6.45) is -0.0481. The summed E-state index contributed by atoms with van der Waals surface area (Å²) < 4.78 is 9.69. The third-order valence-electron chi connectivity index (χ3n) is 3.91. The van der Waals surface area contributed by atoms with Gasteiger partial charge in [-0.2, -0.15) is 0 Å². The van der Waals surface area contributed by atoms with Crippen molar-refractivity contribution in [3.8, 4) is 5.75 Å². The van der Waals surface area contributed by atoms with Crippen LogP contribution < -0.4 is 20.3 Å². The van der Waals surface area contributed by atoms with Crippen LogP contribution in [0, 0.1) is 0 Å². The second-order valence-corrected chi connectivity index (χ2v) is 5.49. The first-order valence-electron chi connectivity index (χ1n) is 7.66. The van der Waals surface area contributed by atoms with Crippen molar-refractivity contribution in [2.75, 3.05) is 39.2 Å². The SMILES string of the molecule is COC(=O)C[C@@H]1C(=O)NCC[NH+]1CC(=O)Nc1ccc(OC)cc1. The molecule has 0 spiro atoms. The van der Waals surface area contributed by atoms with Gasteiger partial charge in [0.2, 0.25) is 0 Å². The van der Waals surface area contributed by atoms with Crippen LogP contribution in [0.4, 0.5) is 5.69 Å². The molecule has 24 heavy (non-hydrogen) atoms. The summed E-state index contributed by atoms with van der Waals surface area (Å²) in [7, 11) is 2.85. The summed E-state index contributed by atoms with van der Waals surface area (Å²) in [6, 6.07) is 6.35. The molecule has 130 valence electrons. The largest absolute Gasteiger partial charge is 0.497 e. The second-order valence-electron chi connectivity index (χ2n) is 5.49. The van der Waals surface area contributed by atoms with E-state index in [1.807, 2.05) is 0 Å². The first kappa shape index (κ1) is 17.7. The Bertz CT molecular complexity index is 602. The number of anilines is 1. The number of methoxy groups -OCH3 is 2. The molecule has 1 fully saturated rings. The molecule has 1 aliphatic rings. The average molecular weight is 336 g/mol. The molecule has 1 aliphatic heterocycles. The van der Waals surface area contributed by atoms with E-state index in [1.165, 1.54) is 7.11 Å². The predicted octanol–water partition coefficient (Wildman–Crippen LogP) is -1.42. The molecule has 2 atom stereocenters. The number of carbonyl (C=O) groups is 3. The van der Waals surface area contributed by atoms with Crippen LogP contribution in [0.2, 0.25) is 0 Å². The van der Waals surface area contributed by atoms with E-state index in [4.69, 9.17) is 4.74 Å². The van der Waals surface area contributed by atoms with Gasteiger partial charge in [-0.1, -0.05) is 0 Å². The number of nitrogens with one attached hydrogen (secondary N) is 3. The van der Waals surface area contributed by atoms with Crippen LogP contribution >= 0.6 is 0 Å². The van der Waals surface area contributed by atoms with E-state index in [1.54, 1.807) is 31.4 Å². The molecule has 1 saturated heterocycles. The molecule has 1 aromatic carbocycles. The molecule has 8 nitrogen and oxygen atoms in total. The Balaban J connectivity index is 1.96. The second kappa shape index (κ2) is 8.30. The molecule has 0 saturated carbocycles. The molecule has 0 aliphatic carbocycles. The van der Waals surface area contributed by atoms with Crippen molar-refractivity contribution in [3.63, 3.8) is 0 Å². The molecule has 0 radical (unpaired) electrons. The van der Waals surface area contributed by atoms with Crippen LogP contribution in [0.1, 0.15) is 6.42 Å². The lowest BCUT2D eigenvalue weighted by Crippen LogP contribution is -3.20. The van der Waals surface area contributed by atoms with Gasteiger partial charge < -0.3 is 25.0 Å². The molecule has 1 heterocycles. The number of piperazine rings is 1. The van der Waals surface area contributed by atoms with E-state index in [0.29, 0.717) is 24.5 Å². The van der Waals surface area contributed by atoms with Gasteiger partial charge >= 0.3 is 5.97 Å². The fourth-order valence-electron chi connectivity index (χ4n) is 2.61. The van der Waals surface area contributed by atoms with E-state index in [0.717, 1.165) is 4.90 Å². The van der Waals surface area contributed by atoms with E-state index >= 15 is 0 Å². The van der Waals surface area contributed by atoms with Gasteiger partial charge in [0.05, 0.1) is 27.3 Å². The van der Waals surface area contributed by atoms with Gasteiger partial charge in [0, 0.05) is 5.69 Å². The highest BCUT2D eigenvalue weighted by molar-refractivity contribution is 5.92. The van der Waals surface area contributed by atoms with Crippen LogP contribution in [0.15, 0.2) is 24.3 Å². The Morgan fingerprint density at radius 3 is 2.62 bits per heavy atom. The number of quaternary nitrogens is 1.